The summed E-state index contributed by atoms with van der Waals surface area (Å²) in [5.74, 6) is 0. The zero-order chi connectivity index (χ0) is 19.8. The number of rotatable bonds is 4. The standard InChI is InChI=1S/C18H18ClN5O4/c1-10-7-23(18(27)20-17(10)26)16-6-14(15(9-25)28-16)24-8-13(21-22-24)11-2-4-12(19)5-3-11/h2-5,7-8,14-16,25H,6,9H2,1H3,(H,20,26,27)/t14-,15?,16+/m0/s1. The van der Waals surface area contributed by atoms with Crippen molar-refractivity contribution in [2.75, 3.05) is 6.61 Å². The molecule has 2 aromatic heterocycles. The molecular formula is C18H18ClN5O4. The number of aliphatic hydroxyl groups is 1. The van der Waals surface area contributed by atoms with Crippen molar-refractivity contribution in [1.82, 2.24) is 24.5 Å². The number of nitrogens with one attached hydrogen (secondary N) is 1. The Labute approximate surface area is 164 Å². The maximum atomic E-state index is 12.2. The fraction of sp³-hybridized carbons (Fsp3) is 0.333. The Bertz CT molecular complexity index is 1100. The summed E-state index contributed by atoms with van der Waals surface area (Å²) in [5.41, 5.74) is 0.933. The monoisotopic (exact) mass is 403 g/mol. The second-order valence-corrected chi connectivity index (χ2v) is 7.12. The fourth-order valence-electron chi connectivity index (χ4n) is 3.32. The largest absolute Gasteiger partial charge is 0.394 e. The normalized spacial score (nSPS) is 21.9. The van der Waals surface area contributed by atoms with E-state index in [1.54, 1.807) is 29.9 Å². The number of nitrogens with zero attached hydrogens (tertiary/aromatic N) is 4. The third kappa shape index (κ3) is 3.39. The maximum absolute atomic E-state index is 12.2. The van der Waals surface area contributed by atoms with Crippen LogP contribution < -0.4 is 11.2 Å². The van der Waals surface area contributed by atoms with E-state index in [4.69, 9.17) is 16.3 Å². The molecule has 0 spiro atoms. The molecule has 0 aliphatic carbocycles. The lowest BCUT2D eigenvalue weighted by molar-refractivity contribution is -0.0323. The van der Waals surface area contributed by atoms with Crippen molar-refractivity contribution < 1.29 is 9.84 Å². The van der Waals surface area contributed by atoms with Gasteiger partial charge in [-0.3, -0.25) is 14.3 Å². The first-order chi connectivity index (χ1) is 13.5. The van der Waals surface area contributed by atoms with Crippen molar-refractivity contribution >= 4 is 11.6 Å². The molecule has 0 saturated carbocycles. The van der Waals surface area contributed by atoms with E-state index < -0.39 is 23.6 Å². The van der Waals surface area contributed by atoms with Gasteiger partial charge in [0.2, 0.25) is 0 Å². The van der Waals surface area contributed by atoms with Crippen LogP contribution in [0.15, 0.2) is 46.2 Å². The minimum absolute atomic E-state index is 0.242. The summed E-state index contributed by atoms with van der Waals surface area (Å²) in [6.45, 7) is 1.37. The topological polar surface area (TPSA) is 115 Å². The molecule has 0 bridgehead atoms. The summed E-state index contributed by atoms with van der Waals surface area (Å²) in [4.78, 5) is 26.0. The first kappa shape index (κ1) is 18.6. The van der Waals surface area contributed by atoms with Crippen LogP contribution in [0.5, 0.6) is 0 Å². The number of hydrogen-bond acceptors (Lipinski definition) is 6. The lowest BCUT2D eigenvalue weighted by Gasteiger charge is -2.15. The van der Waals surface area contributed by atoms with Crippen LogP contribution >= 0.6 is 11.6 Å². The molecule has 9 nitrogen and oxygen atoms in total. The molecule has 3 atom stereocenters. The van der Waals surface area contributed by atoms with Crippen molar-refractivity contribution in [2.45, 2.75) is 31.7 Å². The molecule has 146 valence electrons. The van der Waals surface area contributed by atoms with Crippen LogP contribution in [0.1, 0.15) is 24.3 Å². The lowest BCUT2D eigenvalue weighted by Crippen LogP contribution is -2.33. The third-order valence-electron chi connectivity index (χ3n) is 4.83. The average Bonchev–Trinajstić information content (AvgIpc) is 3.32. The van der Waals surface area contributed by atoms with Gasteiger partial charge >= 0.3 is 5.69 Å². The Morgan fingerprint density at radius 1 is 1.29 bits per heavy atom. The van der Waals surface area contributed by atoms with E-state index in [1.165, 1.54) is 10.8 Å². The number of aliphatic hydroxyl groups excluding tert-OH is 1. The predicted molar refractivity (Wildman–Crippen MR) is 101 cm³/mol. The zero-order valence-corrected chi connectivity index (χ0v) is 15.7. The van der Waals surface area contributed by atoms with Gasteiger partial charge in [-0.15, -0.1) is 5.10 Å². The van der Waals surface area contributed by atoms with E-state index in [1.807, 2.05) is 12.1 Å². The molecule has 4 rings (SSSR count). The van der Waals surface area contributed by atoms with E-state index in [2.05, 4.69) is 15.3 Å². The zero-order valence-electron chi connectivity index (χ0n) is 14.9. The maximum Gasteiger partial charge on any atom is 0.330 e. The number of aryl methyl sites for hydroxylation is 1. The summed E-state index contributed by atoms with van der Waals surface area (Å²) in [5, 5.41) is 18.7. The van der Waals surface area contributed by atoms with Crippen LogP contribution in [0.3, 0.4) is 0 Å². The Kier molecular flexibility index (Phi) is 4.88. The van der Waals surface area contributed by atoms with E-state index in [-0.39, 0.29) is 12.6 Å². The third-order valence-corrected chi connectivity index (χ3v) is 5.08. The van der Waals surface area contributed by atoms with Gasteiger partial charge in [0.15, 0.2) is 0 Å². The molecule has 1 saturated heterocycles. The van der Waals surface area contributed by atoms with Crippen LogP contribution in [0.4, 0.5) is 0 Å². The molecule has 10 heteroatoms. The van der Waals surface area contributed by atoms with Gasteiger partial charge in [0.1, 0.15) is 18.0 Å². The number of aromatic nitrogens is 5. The molecule has 3 heterocycles. The molecule has 1 unspecified atom stereocenters. The lowest BCUT2D eigenvalue weighted by atomic mass is 10.1. The summed E-state index contributed by atoms with van der Waals surface area (Å²) < 4.78 is 8.82. The van der Waals surface area contributed by atoms with Gasteiger partial charge in [0.05, 0.1) is 18.8 Å². The number of ether oxygens (including phenoxy) is 1. The predicted octanol–water partition coefficient (Wildman–Crippen LogP) is 1.28. The highest BCUT2D eigenvalue weighted by Crippen LogP contribution is 2.36. The molecule has 28 heavy (non-hydrogen) atoms. The Morgan fingerprint density at radius 3 is 2.75 bits per heavy atom. The average molecular weight is 404 g/mol. The van der Waals surface area contributed by atoms with Gasteiger partial charge in [-0.2, -0.15) is 0 Å². The van der Waals surface area contributed by atoms with Crippen molar-refractivity contribution in [3.8, 4) is 11.3 Å². The van der Waals surface area contributed by atoms with Gasteiger partial charge in [-0.1, -0.05) is 28.9 Å². The van der Waals surface area contributed by atoms with Crippen molar-refractivity contribution in [3.05, 3.63) is 68.1 Å². The first-order valence-electron chi connectivity index (χ1n) is 8.72. The van der Waals surface area contributed by atoms with Gasteiger partial charge in [-0.25, -0.2) is 9.48 Å². The molecule has 3 aromatic rings. The highest BCUT2D eigenvalue weighted by atomic mass is 35.5. The van der Waals surface area contributed by atoms with E-state index >= 15 is 0 Å². The van der Waals surface area contributed by atoms with Crippen molar-refractivity contribution in [1.29, 1.82) is 0 Å². The highest BCUT2D eigenvalue weighted by Gasteiger charge is 2.38. The summed E-state index contributed by atoms with van der Waals surface area (Å²) in [6.07, 6.45) is 2.42. The summed E-state index contributed by atoms with van der Waals surface area (Å²) in [6, 6.07) is 6.91. The fourth-order valence-corrected chi connectivity index (χ4v) is 3.45. The van der Waals surface area contributed by atoms with Crippen LogP contribution in [-0.4, -0.2) is 42.4 Å². The van der Waals surface area contributed by atoms with Gasteiger partial charge < -0.3 is 9.84 Å². The quantitative estimate of drug-likeness (QED) is 0.678. The second-order valence-electron chi connectivity index (χ2n) is 6.68. The van der Waals surface area contributed by atoms with Gasteiger partial charge in [0.25, 0.3) is 5.56 Å². The Balaban J connectivity index is 1.62. The van der Waals surface area contributed by atoms with Crippen molar-refractivity contribution in [2.24, 2.45) is 0 Å². The first-order valence-corrected chi connectivity index (χ1v) is 9.10. The molecule has 1 aliphatic rings. The number of aromatic amines is 1. The van der Waals surface area contributed by atoms with E-state index in [0.29, 0.717) is 22.7 Å². The molecule has 1 aromatic carbocycles. The van der Waals surface area contributed by atoms with Gasteiger partial charge in [0, 0.05) is 28.8 Å². The van der Waals surface area contributed by atoms with Crippen LogP contribution in [0, 0.1) is 6.92 Å². The smallest absolute Gasteiger partial charge is 0.330 e. The van der Waals surface area contributed by atoms with E-state index in [0.717, 1.165) is 5.56 Å². The summed E-state index contributed by atoms with van der Waals surface area (Å²) >= 11 is 5.92. The molecular weight excluding hydrogens is 386 g/mol. The van der Waals surface area contributed by atoms with Crippen molar-refractivity contribution in [3.63, 3.8) is 0 Å². The van der Waals surface area contributed by atoms with Gasteiger partial charge in [-0.05, 0) is 19.1 Å². The second kappa shape index (κ2) is 7.34. The number of H-pyrrole nitrogens is 1. The number of hydrogen-bond donors (Lipinski definition) is 2. The van der Waals surface area contributed by atoms with Crippen LogP contribution in [0.2, 0.25) is 5.02 Å². The Hall–Kier alpha value is -2.75. The van der Waals surface area contributed by atoms with E-state index in [9.17, 15) is 14.7 Å². The molecule has 1 aliphatic heterocycles. The highest BCUT2D eigenvalue weighted by molar-refractivity contribution is 6.30. The molecule has 0 radical (unpaired) electrons. The minimum atomic E-state index is -0.631. The molecule has 2 N–H and O–H groups in total. The minimum Gasteiger partial charge on any atom is -0.394 e. The van der Waals surface area contributed by atoms with Crippen LogP contribution in [0.25, 0.3) is 11.3 Å². The molecule has 1 fully saturated rings. The number of halogens is 1. The summed E-state index contributed by atoms with van der Waals surface area (Å²) in [7, 11) is 0. The Morgan fingerprint density at radius 2 is 2.04 bits per heavy atom. The SMILES string of the molecule is Cc1cn([C@H]2C[C@H](n3cc(-c4ccc(Cl)cc4)nn3)C(CO)O2)c(=O)[nH]c1=O. The number of benzene rings is 1. The molecule has 0 amide bonds. The van der Waals surface area contributed by atoms with Crippen LogP contribution in [-0.2, 0) is 4.74 Å².